The van der Waals surface area contributed by atoms with Gasteiger partial charge in [0.25, 0.3) is 5.91 Å². The summed E-state index contributed by atoms with van der Waals surface area (Å²) in [4.78, 5) is 17.0. The minimum Gasteiger partial charge on any atom is -0.285 e. The standard InChI is InChI=1S/C16H13BrFN5O/c1-21-14-4-2-3-12(18)11(14)5-6-23(21)16(24)13-7-15-19-8-10(17)9-22(15)20-13/h2-4,7-9H,5-6H2,1H3. The Labute approximate surface area is 145 Å². The number of hydrogen-bond donors (Lipinski definition) is 0. The second-order valence-electron chi connectivity index (χ2n) is 5.54. The quantitative estimate of drug-likeness (QED) is 0.641. The van der Waals surface area contributed by atoms with Gasteiger partial charge in [-0.05, 0) is 34.5 Å². The number of aromatic nitrogens is 3. The normalized spacial score (nSPS) is 14.1. The Balaban J connectivity index is 1.69. The van der Waals surface area contributed by atoms with E-state index in [2.05, 4.69) is 26.0 Å². The van der Waals surface area contributed by atoms with Crippen LogP contribution in [0, 0.1) is 5.82 Å². The zero-order valence-electron chi connectivity index (χ0n) is 12.8. The topological polar surface area (TPSA) is 53.7 Å². The first-order chi connectivity index (χ1) is 11.5. The number of nitrogens with zero attached hydrogens (tertiary/aromatic N) is 5. The lowest BCUT2D eigenvalue weighted by Crippen LogP contribution is -2.48. The van der Waals surface area contributed by atoms with Gasteiger partial charge in [0.15, 0.2) is 11.3 Å². The van der Waals surface area contributed by atoms with Crippen molar-refractivity contribution in [2.45, 2.75) is 6.42 Å². The predicted octanol–water partition coefficient (Wildman–Crippen LogP) is 2.68. The van der Waals surface area contributed by atoms with Crippen molar-refractivity contribution < 1.29 is 9.18 Å². The number of fused-ring (bicyclic) bond motifs is 2. The molecule has 0 bridgehead atoms. The fourth-order valence-electron chi connectivity index (χ4n) is 2.92. The molecule has 0 fully saturated rings. The predicted molar refractivity (Wildman–Crippen MR) is 90.2 cm³/mol. The molecule has 1 amide bonds. The molecule has 3 heterocycles. The molecule has 1 aliphatic rings. The maximum absolute atomic E-state index is 13.9. The van der Waals surface area contributed by atoms with Crippen LogP contribution >= 0.6 is 15.9 Å². The average Bonchev–Trinajstić information content (AvgIpc) is 2.98. The number of hydrogen-bond acceptors (Lipinski definition) is 4. The smallest absolute Gasteiger partial charge is 0.285 e. The van der Waals surface area contributed by atoms with Gasteiger partial charge >= 0.3 is 0 Å². The molecule has 1 aromatic carbocycles. The van der Waals surface area contributed by atoms with Crippen molar-refractivity contribution in [2.24, 2.45) is 0 Å². The van der Waals surface area contributed by atoms with Crippen molar-refractivity contribution >= 4 is 33.2 Å². The molecule has 0 aliphatic carbocycles. The van der Waals surface area contributed by atoms with E-state index in [0.717, 1.165) is 4.47 Å². The minimum absolute atomic E-state index is 0.242. The molecule has 122 valence electrons. The number of halogens is 2. The summed E-state index contributed by atoms with van der Waals surface area (Å²) in [5.41, 5.74) is 2.21. The molecule has 0 saturated heterocycles. The van der Waals surface area contributed by atoms with Crippen molar-refractivity contribution in [2.75, 3.05) is 18.6 Å². The van der Waals surface area contributed by atoms with Gasteiger partial charge in [-0.15, -0.1) is 0 Å². The van der Waals surface area contributed by atoms with Crippen LogP contribution in [0.2, 0.25) is 0 Å². The van der Waals surface area contributed by atoms with Crippen LogP contribution in [0.25, 0.3) is 5.65 Å². The molecule has 0 unspecified atom stereocenters. The van der Waals surface area contributed by atoms with E-state index in [-0.39, 0.29) is 11.7 Å². The van der Waals surface area contributed by atoms with E-state index in [1.54, 1.807) is 52.2 Å². The van der Waals surface area contributed by atoms with Gasteiger partial charge < -0.3 is 0 Å². The van der Waals surface area contributed by atoms with Crippen LogP contribution in [-0.4, -0.2) is 39.1 Å². The molecular formula is C16H13BrFN5O. The average molecular weight is 390 g/mol. The van der Waals surface area contributed by atoms with Crippen LogP contribution in [0.5, 0.6) is 0 Å². The zero-order valence-corrected chi connectivity index (χ0v) is 14.4. The van der Waals surface area contributed by atoms with E-state index in [1.807, 2.05) is 0 Å². The first kappa shape index (κ1) is 15.1. The number of amides is 1. The van der Waals surface area contributed by atoms with E-state index in [9.17, 15) is 9.18 Å². The maximum Gasteiger partial charge on any atom is 0.292 e. The molecule has 0 N–H and O–H groups in total. The van der Waals surface area contributed by atoms with Crippen LogP contribution in [0.4, 0.5) is 10.1 Å². The van der Waals surface area contributed by atoms with Gasteiger partial charge in [0.1, 0.15) is 5.82 Å². The lowest BCUT2D eigenvalue weighted by Gasteiger charge is -2.38. The molecular weight excluding hydrogens is 377 g/mol. The number of anilines is 1. The Morgan fingerprint density at radius 2 is 2.21 bits per heavy atom. The first-order valence-corrected chi connectivity index (χ1v) is 8.18. The molecule has 0 spiro atoms. The van der Waals surface area contributed by atoms with E-state index in [4.69, 9.17) is 0 Å². The summed E-state index contributed by atoms with van der Waals surface area (Å²) < 4.78 is 16.2. The maximum atomic E-state index is 13.9. The first-order valence-electron chi connectivity index (χ1n) is 7.38. The van der Waals surface area contributed by atoms with Crippen LogP contribution in [0.3, 0.4) is 0 Å². The summed E-state index contributed by atoms with van der Waals surface area (Å²) in [7, 11) is 1.75. The molecule has 2 aromatic heterocycles. The van der Waals surface area contributed by atoms with Gasteiger partial charge in [-0.25, -0.2) is 18.9 Å². The summed E-state index contributed by atoms with van der Waals surface area (Å²) in [6.45, 7) is 0.397. The van der Waals surface area contributed by atoms with E-state index in [0.29, 0.717) is 35.6 Å². The molecule has 6 nitrogen and oxygen atoms in total. The highest BCUT2D eigenvalue weighted by Gasteiger charge is 2.29. The monoisotopic (exact) mass is 389 g/mol. The summed E-state index contributed by atoms with van der Waals surface area (Å²) in [5, 5.41) is 7.54. The summed E-state index contributed by atoms with van der Waals surface area (Å²) in [5.74, 6) is -0.484. The Bertz CT molecular complexity index is 957. The van der Waals surface area contributed by atoms with Gasteiger partial charge in [-0.2, -0.15) is 5.10 Å². The molecule has 0 radical (unpaired) electrons. The van der Waals surface area contributed by atoms with Crippen molar-refractivity contribution in [1.29, 1.82) is 0 Å². The largest absolute Gasteiger partial charge is 0.292 e. The zero-order chi connectivity index (χ0) is 16.8. The number of carbonyl (C=O) groups excluding carboxylic acids is 1. The van der Waals surface area contributed by atoms with Gasteiger partial charge in [0, 0.05) is 37.6 Å². The Kier molecular flexibility index (Phi) is 3.49. The molecule has 3 aromatic rings. The minimum atomic E-state index is -0.242. The molecule has 4 rings (SSSR count). The van der Waals surface area contributed by atoms with Crippen LogP contribution in [-0.2, 0) is 6.42 Å². The number of carbonyl (C=O) groups is 1. The second-order valence-corrected chi connectivity index (χ2v) is 6.46. The summed E-state index contributed by atoms with van der Waals surface area (Å²) in [6, 6.07) is 6.53. The van der Waals surface area contributed by atoms with Crippen LogP contribution < -0.4 is 5.01 Å². The van der Waals surface area contributed by atoms with Crippen LogP contribution in [0.1, 0.15) is 16.1 Å². The lowest BCUT2D eigenvalue weighted by atomic mass is 10.1. The van der Waals surface area contributed by atoms with Gasteiger partial charge in [0.05, 0.1) is 10.2 Å². The third-order valence-electron chi connectivity index (χ3n) is 4.11. The Morgan fingerprint density at radius 1 is 1.38 bits per heavy atom. The van der Waals surface area contributed by atoms with Crippen LogP contribution in [0.15, 0.2) is 41.1 Å². The van der Waals surface area contributed by atoms with Crippen molar-refractivity contribution in [3.05, 3.63) is 58.2 Å². The highest BCUT2D eigenvalue weighted by Crippen LogP contribution is 2.29. The fourth-order valence-corrected chi connectivity index (χ4v) is 3.22. The Morgan fingerprint density at radius 3 is 3.04 bits per heavy atom. The number of rotatable bonds is 1. The highest BCUT2D eigenvalue weighted by atomic mass is 79.9. The Hall–Kier alpha value is -2.48. The molecule has 0 atom stereocenters. The molecule has 1 aliphatic heterocycles. The number of hydrazine groups is 1. The van der Waals surface area contributed by atoms with E-state index in [1.165, 1.54) is 6.07 Å². The number of benzene rings is 1. The van der Waals surface area contributed by atoms with Gasteiger partial charge in [0.2, 0.25) is 0 Å². The van der Waals surface area contributed by atoms with Crippen molar-refractivity contribution in [3.63, 3.8) is 0 Å². The summed E-state index contributed by atoms with van der Waals surface area (Å²) >= 11 is 3.33. The summed E-state index contributed by atoms with van der Waals surface area (Å²) in [6.07, 6.45) is 3.86. The van der Waals surface area contributed by atoms with Gasteiger partial charge in [-0.3, -0.25) is 9.80 Å². The van der Waals surface area contributed by atoms with E-state index >= 15 is 0 Å². The van der Waals surface area contributed by atoms with Crippen molar-refractivity contribution in [1.82, 2.24) is 19.6 Å². The molecule has 0 saturated carbocycles. The lowest BCUT2D eigenvalue weighted by molar-refractivity contribution is 0.0731. The highest BCUT2D eigenvalue weighted by molar-refractivity contribution is 9.10. The SMILES string of the molecule is CN1c2cccc(F)c2CCN1C(=O)c1cc2ncc(Br)cn2n1. The third kappa shape index (κ3) is 2.34. The fraction of sp³-hybridized carbons (Fsp3) is 0.188. The second kappa shape index (κ2) is 5.55. The van der Waals surface area contributed by atoms with Gasteiger partial charge in [-0.1, -0.05) is 6.07 Å². The van der Waals surface area contributed by atoms with E-state index < -0.39 is 0 Å². The van der Waals surface area contributed by atoms with Crippen molar-refractivity contribution in [3.8, 4) is 0 Å². The molecule has 8 heteroatoms. The third-order valence-corrected chi connectivity index (χ3v) is 4.52. The molecule has 24 heavy (non-hydrogen) atoms.